The van der Waals surface area contributed by atoms with Gasteiger partial charge in [0.15, 0.2) is 0 Å². The fourth-order valence-electron chi connectivity index (χ4n) is 9.08. The zero-order valence-corrected chi connectivity index (χ0v) is 31.1. The van der Waals surface area contributed by atoms with Gasteiger partial charge in [0.25, 0.3) is 0 Å². The minimum atomic E-state index is 1.10. The highest BCUT2D eigenvalue weighted by Gasteiger charge is 2.25. The normalized spacial score (nSPS) is 11.9. The van der Waals surface area contributed by atoms with Crippen molar-refractivity contribution in [2.75, 3.05) is 4.90 Å². The number of aromatic nitrogens is 2. The molecule has 3 nitrogen and oxygen atoms in total. The number of para-hydroxylation sites is 4. The summed E-state index contributed by atoms with van der Waals surface area (Å²) in [5, 5.41) is 10.1. The molecule has 0 fully saturated rings. The topological polar surface area (TPSA) is 13.1 Å². The zero-order chi connectivity index (χ0) is 36.7. The summed E-state index contributed by atoms with van der Waals surface area (Å²) in [4.78, 5) is 2.43. The molecule has 0 aliphatic carbocycles. The van der Waals surface area contributed by atoms with Crippen molar-refractivity contribution in [1.82, 2.24) is 9.13 Å². The van der Waals surface area contributed by atoms with Crippen LogP contribution in [-0.2, 0) is 0 Å². The standard InChI is InChI=1S/C52H33N3S/c1-3-16-35(17-4-1)53(36-18-5-2-6-19-36)48-32-38(54-46-25-13-10-23-43(46)51-39-20-8-7-15-34(39)27-30-47(51)54)31-44-40-21-9-12-24-45(40)55(52(44)48)37-28-29-42-41-22-11-14-26-49(41)56-50(42)33-37/h1-33H. The van der Waals surface area contributed by atoms with E-state index in [4.69, 9.17) is 0 Å². The molecule has 0 N–H and O–H groups in total. The third kappa shape index (κ3) is 4.57. The Balaban J connectivity index is 1.25. The van der Waals surface area contributed by atoms with Gasteiger partial charge in [-0.15, -0.1) is 11.3 Å². The summed E-state index contributed by atoms with van der Waals surface area (Å²) in [6.45, 7) is 0. The van der Waals surface area contributed by atoms with Crippen LogP contribution in [0.5, 0.6) is 0 Å². The molecular weight excluding hydrogens is 699 g/mol. The maximum Gasteiger partial charge on any atom is 0.0784 e. The lowest BCUT2D eigenvalue weighted by Gasteiger charge is -2.28. The Morgan fingerprint density at radius 3 is 1.73 bits per heavy atom. The first-order chi connectivity index (χ1) is 27.8. The van der Waals surface area contributed by atoms with E-state index in [1.165, 1.54) is 69.0 Å². The molecule has 0 saturated carbocycles. The average Bonchev–Trinajstić information content (AvgIpc) is 3.92. The zero-order valence-electron chi connectivity index (χ0n) is 30.3. The lowest BCUT2D eigenvalue weighted by molar-refractivity contribution is 1.15. The lowest BCUT2D eigenvalue weighted by atomic mass is 10.0. The summed E-state index contributed by atoms with van der Waals surface area (Å²) < 4.78 is 7.56. The number of anilines is 3. The van der Waals surface area contributed by atoms with E-state index in [1.54, 1.807) is 0 Å². The van der Waals surface area contributed by atoms with Gasteiger partial charge in [-0.05, 0) is 83.6 Å². The fourth-order valence-corrected chi connectivity index (χ4v) is 10.2. The third-order valence-corrected chi connectivity index (χ3v) is 12.6. The SMILES string of the molecule is c1ccc(N(c2ccccc2)c2cc(-n3c4ccccc4c4c5ccccc5ccc43)cc3c4ccccc4n(-c4ccc5c(c4)sc4ccccc45)c23)cc1. The van der Waals surface area contributed by atoms with Crippen molar-refractivity contribution in [3.8, 4) is 11.4 Å². The highest BCUT2D eigenvalue weighted by Crippen LogP contribution is 2.47. The van der Waals surface area contributed by atoms with Gasteiger partial charge in [0.05, 0.1) is 27.8 Å². The number of hydrogen-bond acceptors (Lipinski definition) is 2. The van der Waals surface area contributed by atoms with Crippen LogP contribution in [0.2, 0.25) is 0 Å². The van der Waals surface area contributed by atoms with E-state index in [0.717, 1.165) is 34.0 Å². The number of nitrogens with zero attached hydrogens (tertiary/aromatic N) is 3. The first kappa shape index (κ1) is 31.2. The van der Waals surface area contributed by atoms with E-state index in [0.29, 0.717) is 0 Å². The summed E-state index contributed by atoms with van der Waals surface area (Å²) in [7, 11) is 0. The Bertz CT molecular complexity index is 3440. The Hall–Kier alpha value is -7.14. The van der Waals surface area contributed by atoms with Crippen LogP contribution in [0.1, 0.15) is 0 Å². The van der Waals surface area contributed by atoms with E-state index in [9.17, 15) is 0 Å². The van der Waals surface area contributed by atoms with Gasteiger partial charge < -0.3 is 14.0 Å². The van der Waals surface area contributed by atoms with Gasteiger partial charge >= 0.3 is 0 Å². The molecule has 0 saturated heterocycles. The monoisotopic (exact) mass is 731 g/mol. The molecule has 0 unspecified atom stereocenters. The molecule has 0 atom stereocenters. The van der Waals surface area contributed by atoms with Crippen LogP contribution in [0.3, 0.4) is 0 Å². The van der Waals surface area contributed by atoms with Gasteiger partial charge in [0.1, 0.15) is 0 Å². The van der Waals surface area contributed by atoms with Crippen LogP contribution in [-0.4, -0.2) is 9.13 Å². The van der Waals surface area contributed by atoms with Gasteiger partial charge in [-0.3, -0.25) is 0 Å². The van der Waals surface area contributed by atoms with Gasteiger partial charge in [-0.2, -0.15) is 0 Å². The van der Waals surface area contributed by atoms with Crippen LogP contribution in [0.15, 0.2) is 200 Å². The Morgan fingerprint density at radius 2 is 0.964 bits per heavy atom. The summed E-state index contributed by atoms with van der Waals surface area (Å²) >= 11 is 1.86. The maximum atomic E-state index is 2.49. The second-order valence-corrected chi connectivity index (χ2v) is 15.6. The largest absolute Gasteiger partial charge is 0.309 e. The molecule has 0 aliphatic heterocycles. The van der Waals surface area contributed by atoms with Crippen LogP contribution < -0.4 is 4.90 Å². The van der Waals surface area contributed by atoms with E-state index < -0.39 is 0 Å². The highest BCUT2D eigenvalue weighted by atomic mass is 32.1. The van der Waals surface area contributed by atoms with Crippen molar-refractivity contribution in [3.05, 3.63) is 200 Å². The van der Waals surface area contributed by atoms with Gasteiger partial charge in [-0.25, -0.2) is 0 Å². The predicted octanol–water partition coefficient (Wildman–Crippen LogP) is 14.9. The molecule has 56 heavy (non-hydrogen) atoms. The third-order valence-electron chi connectivity index (χ3n) is 11.4. The number of fused-ring (bicyclic) bond motifs is 11. The van der Waals surface area contributed by atoms with Crippen molar-refractivity contribution in [1.29, 1.82) is 0 Å². The van der Waals surface area contributed by atoms with Crippen molar-refractivity contribution in [2.45, 2.75) is 0 Å². The second-order valence-electron chi connectivity index (χ2n) is 14.5. The molecule has 262 valence electrons. The predicted molar refractivity (Wildman–Crippen MR) is 240 cm³/mol. The quantitative estimate of drug-likeness (QED) is 0.172. The van der Waals surface area contributed by atoms with Gasteiger partial charge in [0.2, 0.25) is 0 Å². The number of benzene rings is 9. The van der Waals surface area contributed by atoms with E-state index in [-0.39, 0.29) is 0 Å². The maximum absolute atomic E-state index is 2.49. The first-order valence-corrected chi connectivity index (χ1v) is 19.9. The molecule has 9 aromatic carbocycles. The smallest absolute Gasteiger partial charge is 0.0784 e. The molecule has 4 heteroatoms. The van der Waals surface area contributed by atoms with Crippen molar-refractivity contribution < 1.29 is 0 Å². The minimum absolute atomic E-state index is 1.10. The molecule has 0 amide bonds. The van der Waals surface area contributed by atoms with Crippen molar-refractivity contribution in [3.63, 3.8) is 0 Å². The van der Waals surface area contributed by atoms with Crippen molar-refractivity contribution >= 4 is 103 Å². The molecule has 0 radical (unpaired) electrons. The minimum Gasteiger partial charge on any atom is -0.309 e. The van der Waals surface area contributed by atoms with Gasteiger partial charge in [-0.1, -0.05) is 127 Å². The summed E-state index contributed by atoms with van der Waals surface area (Å²) in [6, 6.07) is 73.3. The molecule has 3 heterocycles. The second kappa shape index (κ2) is 12.2. The molecule has 12 rings (SSSR count). The van der Waals surface area contributed by atoms with Crippen LogP contribution >= 0.6 is 11.3 Å². The summed E-state index contributed by atoms with van der Waals surface area (Å²) in [5.74, 6) is 0. The Kier molecular flexibility index (Phi) is 6.80. The van der Waals surface area contributed by atoms with Crippen LogP contribution in [0, 0.1) is 0 Å². The van der Waals surface area contributed by atoms with Crippen molar-refractivity contribution in [2.24, 2.45) is 0 Å². The molecule has 12 aromatic rings. The van der Waals surface area contributed by atoms with E-state index in [2.05, 4.69) is 214 Å². The van der Waals surface area contributed by atoms with E-state index in [1.807, 2.05) is 11.3 Å². The van der Waals surface area contributed by atoms with Crippen LogP contribution in [0.4, 0.5) is 17.1 Å². The molecule has 0 bridgehead atoms. The van der Waals surface area contributed by atoms with Gasteiger partial charge in [0, 0.05) is 64.5 Å². The fraction of sp³-hybridized carbons (Fsp3) is 0. The Morgan fingerprint density at radius 1 is 0.357 bits per heavy atom. The number of rotatable bonds is 5. The summed E-state index contributed by atoms with van der Waals surface area (Å²) in [6.07, 6.45) is 0. The first-order valence-electron chi connectivity index (χ1n) is 19.1. The summed E-state index contributed by atoms with van der Waals surface area (Å²) in [5.41, 5.74) is 10.3. The number of thiophene rings is 1. The lowest BCUT2D eigenvalue weighted by Crippen LogP contribution is -2.12. The highest BCUT2D eigenvalue weighted by molar-refractivity contribution is 7.25. The van der Waals surface area contributed by atoms with E-state index >= 15 is 0 Å². The molecule has 0 aliphatic rings. The Labute approximate surface area is 327 Å². The molecular formula is C52H33N3S. The number of hydrogen-bond donors (Lipinski definition) is 0. The van der Waals surface area contributed by atoms with Crippen LogP contribution in [0.25, 0.3) is 85.9 Å². The molecule has 0 spiro atoms. The average molecular weight is 732 g/mol. The molecule has 3 aromatic heterocycles.